The molecule has 1 aliphatic carbocycles. The third-order valence-electron chi connectivity index (χ3n) is 2.40. The highest BCUT2D eigenvalue weighted by molar-refractivity contribution is 4.97. The largest absolute Gasteiger partial charge is 0.363 e. The summed E-state index contributed by atoms with van der Waals surface area (Å²) in [7, 11) is 0. The summed E-state index contributed by atoms with van der Waals surface area (Å²) in [5, 5.41) is 9.34. The van der Waals surface area contributed by atoms with E-state index in [2.05, 4.69) is 6.92 Å². The van der Waals surface area contributed by atoms with Crippen LogP contribution in [-0.2, 0) is 4.74 Å². The van der Waals surface area contributed by atoms with E-state index in [1.165, 1.54) is 0 Å². The Kier molecular flexibility index (Phi) is 0.945. The average Bonchev–Trinajstić information content (AvgIpc) is 2.41. The third kappa shape index (κ3) is 0.775. The average molecular weight is 128 g/mol. The zero-order valence-corrected chi connectivity index (χ0v) is 5.63. The van der Waals surface area contributed by atoms with Gasteiger partial charge in [-0.05, 0) is 18.8 Å². The van der Waals surface area contributed by atoms with Crippen molar-refractivity contribution >= 4 is 0 Å². The van der Waals surface area contributed by atoms with Gasteiger partial charge in [0, 0.05) is 6.42 Å². The molecule has 52 valence electrons. The molecule has 0 aromatic rings. The van der Waals surface area contributed by atoms with E-state index >= 15 is 0 Å². The van der Waals surface area contributed by atoms with Crippen LogP contribution in [0.4, 0.5) is 0 Å². The molecule has 0 aromatic carbocycles. The van der Waals surface area contributed by atoms with Gasteiger partial charge in [0.2, 0.25) is 0 Å². The summed E-state index contributed by atoms with van der Waals surface area (Å²) >= 11 is 0. The normalized spacial score (nSPS) is 56.7. The third-order valence-corrected chi connectivity index (χ3v) is 2.40. The highest BCUT2D eigenvalue weighted by atomic mass is 16.7. The molecule has 9 heavy (non-hydrogen) atoms. The van der Waals surface area contributed by atoms with Crippen LogP contribution in [-0.4, -0.2) is 17.0 Å². The van der Waals surface area contributed by atoms with Crippen LogP contribution in [0.25, 0.3) is 0 Å². The standard InChI is InChI=1S/C7H12O2/c1-5-2-3-7(8)6(4-5)9-7/h5-6,8H,2-4H2,1H3. The molecule has 1 saturated carbocycles. The molecule has 0 radical (unpaired) electrons. The molecule has 1 aliphatic heterocycles. The Balaban J connectivity index is 2.01. The fraction of sp³-hybridized carbons (Fsp3) is 1.00. The molecule has 2 aliphatic rings. The van der Waals surface area contributed by atoms with E-state index in [4.69, 9.17) is 4.74 Å². The lowest BCUT2D eigenvalue weighted by Crippen LogP contribution is -2.21. The fourth-order valence-electron chi connectivity index (χ4n) is 1.60. The summed E-state index contributed by atoms with van der Waals surface area (Å²) in [6.45, 7) is 2.21. The van der Waals surface area contributed by atoms with Crippen molar-refractivity contribution in [3.63, 3.8) is 0 Å². The van der Waals surface area contributed by atoms with Gasteiger partial charge >= 0.3 is 0 Å². The number of rotatable bonds is 0. The minimum atomic E-state index is -0.674. The van der Waals surface area contributed by atoms with Crippen LogP contribution < -0.4 is 0 Å². The first kappa shape index (κ1) is 5.69. The van der Waals surface area contributed by atoms with Crippen LogP contribution in [0.2, 0.25) is 0 Å². The molecule has 2 heteroatoms. The summed E-state index contributed by atoms with van der Waals surface area (Å²) in [6.07, 6.45) is 3.20. The first-order valence-corrected chi connectivity index (χ1v) is 3.61. The second-order valence-electron chi connectivity index (χ2n) is 3.33. The lowest BCUT2D eigenvalue weighted by atomic mass is 9.89. The second-order valence-corrected chi connectivity index (χ2v) is 3.33. The number of ether oxygens (including phenoxy) is 1. The van der Waals surface area contributed by atoms with Gasteiger partial charge in [0.15, 0.2) is 5.79 Å². The van der Waals surface area contributed by atoms with E-state index in [0.29, 0.717) is 0 Å². The Morgan fingerprint density at radius 3 is 3.00 bits per heavy atom. The number of epoxide rings is 1. The molecule has 1 heterocycles. The molecule has 3 unspecified atom stereocenters. The molecule has 0 aromatic heterocycles. The maximum absolute atomic E-state index is 9.34. The zero-order valence-electron chi connectivity index (χ0n) is 5.63. The first-order valence-electron chi connectivity index (χ1n) is 3.61. The van der Waals surface area contributed by atoms with E-state index in [9.17, 15) is 5.11 Å². The molecular weight excluding hydrogens is 116 g/mol. The van der Waals surface area contributed by atoms with E-state index in [1.807, 2.05) is 0 Å². The SMILES string of the molecule is CC1CCC2(O)OC2C1. The van der Waals surface area contributed by atoms with Crippen molar-refractivity contribution in [1.29, 1.82) is 0 Å². The summed E-state index contributed by atoms with van der Waals surface area (Å²) in [5.41, 5.74) is 0. The van der Waals surface area contributed by atoms with E-state index in [1.54, 1.807) is 0 Å². The van der Waals surface area contributed by atoms with Gasteiger partial charge in [-0.15, -0.1) is 0 Å². The first-order chi connectivity index (χ1) is 4.21. The monoisotopic (exact) mass is 128 g/mol. The van der Waals surface area contributed by atoms with Crippen molar-refractivity contribution in [3.05, 3.63) is 0 Å². The van der Waals surface area contributed by atoms with Gasteiger partial charge in [0.25, 0.3) is 0 Å². The number of hydrogen-bond donors (Lipinski definition) is 1. The van der Waals surface area contributed by atoms with E-state index in [-0.39, 0.29) is 6.10 Å². The number of aliphatic hydroxyl groups is 1. The Morgan fingerprint density at radius 1 is 1.67 bits per heavy atom. The molecule has 2 fully saturated rings. The second kappa shape index (κ2) is 1.50. The van der Waals surface area contributed by atoms with Gasteiger partial charge in [0.1, 0.15) is 6.10 Å². The molecular formula is C7H12O2. The Labute approximate surface area is 54.8 Å². The predicted octanol–water partition coefficient (Wildman–Crippen LogP) is 0.894. The maximum atomic E-state index is 9.34. The molecule has 2 rings (SSSR count). The lowest BCUT2D eigenvalue weighted by Gasteiger charge is -2.16. The highest BCUT2D eigenvalue weighted by Gasteiger charge is 2.57. The van der Waals surface area contributed by atoms with Crippen LogP contribution in [0.1, 0.15) is 26.2 Å². The van der Waals surface area contributed by atoms with Crippen LogP contribution in [0.15, 0.2) is 0 Å². The van der Waals surface area contributed by atoms with Gasteiger partial charge in [-0.3, -0.25) is 0 Å². The molecule has 2 nitrogen and oxygen atoms in total. The van der Waals surface area contributed by atoms with Crippen LogP contribution in [0.5, 0.6) is 0 Å². The van der Waals surface area contributed by atoms with Crippen LogP contribution in [0, 0.1) is 5.92 Å². The molecule has 0 spiro atoms. The Bertz CT molecular complexity index is 135. The van der Waals surface area contributed by atoms with E-state index in [0.717, 1.165) is 25.2 Å². The molecule has 0 bridgehead atoms. The highest BCUT2D eigenvalue weighted by Crippen LogP contribution is 2.47. The van der Waals surface area contributed by atoms with Crippen LogP contribution >= 0.6 is 0 Å². The Morgan fingerprint density at radius 2 is 2.44 bits per heavy atom. The molecule has 3 atom stereocenters. The topological polar surface area (TPSA) is 32.8 Å². The summed E-state index contributed by atoms with van der Waals surface area (Å²) in [4.78, 5) is 0. The summed E-state index contributed by atoms with van der Waals surface area (Å²) < 4.78 is 5.09. The van der Waals surface area contributed by atoms with Crippen molar-refractivity contribution in [3.8, 4) is 0 Å². The van der Waals surface area contributed by atoms with Gasteiger partial charge < -0.3 is 9.84 Å². The van der Waals surface area contributed by atoms with Gasteiger partial charge in [-0.25, -0.2) is 0 Å². The molecule has 1 N–H and O–H groups in total. The minimum absolute atomic E-state index is 0.182. The van der Waals surface area contributed by atoms with Crippen molar-refractivity contribution in [2.24, 2.45) is 5.92 Å². The maximum Gasteiger partial charge on any atom is 0.192 e. The van der Waals surface area contributed by atoms with Gasteiger partial charge in [-0.2, -0.15) is 0 Å². The van der Waals surface area contributed by atoms with Crippen molar-refractivity contribution in [1.82, 2.24) is 0 Å². The van der Waals surface area contributed by atoms with Crippen molar-refractivity contribution in [2.45, 2.75) is 38.1 Å². The van der Waals surface area contributed by atoms with Crippen molar-refractivity contribution < 1.29 is 9.84 Å². The Hall–Kier alpha value is -0.0800. The fourth-order valence-corrected chi connectivity index (χ4v) is 1.60. The summed E-state index contributed by atoms with van der Waals surface area (Å²) in [6, 6.07) is 0. The lowest BCUT2D eigenvalue weighted by molar-refractivity contribution is 0.0211. The van der Waals surface area contributed by atoms with Crippen molar-refractivity contribution in [2.75, 3.05) is 0 Å². The van der Waals surface area contributed by atoms with E-state index < -0.39 is 5.79 Å². The van der Waals surface area contributed by atoms with Gasteiger partial charge in [-0.1, -0.05) is 6.92 Å². The number of hydrogen-bond acceptors (Lipinski definition) is 2. The minimum Gasteiger partial charge on any atom is -0.363 e. The quantitative estimate of drug-likeness (QED) is 0.491. The molecule has 0 amide bonds. The van der Waals surface area contributed by atoms with Crippen LogP contribution in [0.3, 0.4) is 0 Å². The number of fused-ring (bicyclic) bond motifs is 1. The molecule has 1 saturated heterocycles. The summed E-state index contributed by atoms with van der Waals surface area (Å²) in [5.74, 6) is 0.0738. The van der Waals surface area contributed by atoms with Gasteiger partial charge in [0.05, 0.1) is 0 Å². The predicted molar refractivity (Wildman–Crippen MR) is 32.8 cm³/mol. The zero-order chi connectivity index (χ0) is 6.48. The smallest absolute Gasteiger partial charge is 0.192 e.